The molecule has 0 saturated heterocycles. The van der Waals surface area contributed by atoms with Gasteiger partial charge in [0.25, 0.3) is 5.69 Å². The molecule has 0 saturated carbocycles. The number of nitro groups is 1. The highest BCUT2D eigenvalue weighted by atomic mass is 16.6. The Kier molecular flexibility index (Phi) is 4.67. The third-order valence-corrected chi connectivity index (χ3v) is 2.95. The number of hydrogen-bond donors (Lipinski definition) is 1. The fourth-order valence-corrected chi connectivity index (χ4v) is 2.00. The molecule has 0 amide bonds. The van der Waals surface area contributed by atoms with Crippen LogP contribution in [-0.2, 0) is 0 Å². The molecular formula is C13H20N2O3. The van der Waals surface area contributed by atoms with E-state index in [1.54, 1.807) is 19.1 Å². The molecule has 0 aromatic heterocycles. The molecule has 0 fully saturated rings. The second-order valence-corrected chi connectivity index (χ2v) is 4.56. The number of aliphatic hydroxyl groups is 1. The largest absolute Gasteiger partial charge is 0.389 e. The third-order valence-electron chi connectivity index (χ3n) is 2.95. The highest BCUT2D eigenvalue weighted by Gasteiger charge is 2.21. The Morgan fingerprint density at radius 2 is 2.00 bits per heavy atom. The van der Waals surface area contributed by atoms with Gasteiger partial charge < -0.3 is 10.0 Å². The molecule has 0 heterocycles. The first-order valence-corrected chi connectivity index (χ1v) is 6.11. The Bertz CT molecular complexity index is 430. The minimum Gasteiger partial charge on any atom is -0.389 e. The molecule has 5 nitrogen and oxygen atoms in total. The normalized spacial score (nSPS) is 12.6. The Labute approximate surface area is 107 Å². The zero-order valence-electron chi connectivity index (χ0n) is 11.3. The Morgan fingerprint density at radius 3 is 2.39 bits per heavy atom. The van der Waals surface area contributed by atoms with Crippen LogP contribution >= 0.6 is 0 Å². The molecule has 1 aromatic rings. The van der Waals surface area contributed by atoms with Gasteiger partial charge in [-0.3, -0.25) is 10.1 Å². The molecule has 0 aliphatic rings. The van der Waals surface area contributed by atoms with E-state index in [-0.39, 0.29) is 11.7 Å². The fourth-order valence-electron chi connectivity index (χ4n) is 2.00. The minimum atomic E-state index is -0.702. The van der Waals surface area contributed by atoms with Crippen molar-refractivity contribution in [3.63, 3.8) is 0 Å². The Hall–Kier alpha value is -1.62. The molecule has 0 bridgehead atoms. The molecule has 1 N–H and O–H groups in total. The summed E-state index contributed by atoms with van der Waals surface area (Å²) in [5.74, 6) is 0. The van der Waals surface area contributed by atoms with Gasteiger partial charge in [0, 0.05) is 18.7 Å². The molecular weight excluding hydrogens is 232 g/mol. The fraction of sp³-hybridized carbons (Fsp3) is 0.538. The van der Waals surface area contributed by atoms with Crippen LogP contribution in [0.3, 0.4) is 0 Å². The topological polar surface area (TPSA) is 66.6 Å². The molecule has 100 valence electrons. The lowest BCUT2D eigenvalue weighted by Crippen LogP contribution is -2.30. The Morgan fingerprint density at radius 1 is 1.39 bits per heavy atom. The molecule has 1 aromatic carbocycles. The number of aliphatic hydroxyl groups excluding tert-OH is 1. The van der Waals surface area contributed by atoms with E-state index in [4.69, 9.17) is 0 Å². The van der Waals surface area contributed by atoms with Gasteiger partial charge in [-0.2, -0.15) is 0 Å². The van der Waals surface area contributed by atoms with Crippen molar-refractivity contribution in [2.24, 2.45) is 0 Å². The van der Waals surface area contributed by atoms with Crippen LogP contribution in [0.2, 0.25) is 0 Å². The van der Waals surface area contributed by atoms with Crippen LogP contribution in [0, 0.1) is 10.1 Å². The molecule has 18 heavy (non-hydrogen) atoms. The molecule has 0 spiro atoms. The van der Waals surface area contributed by atoms with Crippen molar-refractivity contribution < 1.29 is 10.0 Å². The van der Waals surface area contributed by atoms with E-state index in [2.05, 4.69) is 0 Å². The summed E-state index contributed by atoms with van der Waals surface area (Å²) in [5, 5.41) is 20.6. The van der Waals surface area contributed by atoms with E-state index in [9.17, 15) is 15.2 Å². The summed E-state index contributed by atoms with van der Waals surface area (Å²) in [6.07, 6.45) is -0.702. The van der Waals surface area contributed by atoms with Crippen molar-refractivity contribution in [1.29, 1.82) is 0 Å². The zero-order chi connectivity index (χ0) is 13.9. The number of benzene rings is 1. The SMILES string of the molecule is CCN(c1ccc(C(C)O)cc1[N+](=O)[O-])C(C)C. The van der Waals surface area contributed by atoms with Gasteiger partial charge in [0.15, 0.2) is 0 Å². The van der Waals surface area contributed by atoms with Crippen LogP contribution in [-0.4, -0.2) is 22.6 Å². The molecule has 0 aliphatic carbocycles. The summed E-state index contributed by atoms with van der Waals surface area (Å²) < 4.78 is 0. The first kappa shape index (κ1) is 14.4. The maximum absolute atomic E-state index is 11.1. The number of nitrogens with zero attached hydrogens (tertiary/aromatic N) is 2. The first-order valence-electron chi connectivity index (χ1n) is 6.11. The van der Waals surface area contributed by atoms with Crippen LogP contribution < -0.4 is 4.90 Å². The van der Waals surface area contributed by atoms with Crippen molar-refractivity contribution in [2.75, 3.05) is 11.4 Å². The smallest absolute Gasteiger partial charge is 0.292 e. The van der Waals surface area contributed by atoms with Gasteiger partial charge in [0.2, 0.25) is 0 Å². The molecule has 1 unspecified atom stereocenters. The third kappa shape index (κ3) is 2.98. The first-order chi connectivity index (χ1) is 8.38. The van der Waals surface area contributed by atoms with E-state index in [0.717, 1.165) is 0 Å². The van der Waals surface area contributed by atoms with Crippen molar-refractivity contribution in [1.82, 2.24) is 0 Å². The van der Waals surface area contributed by atoms with Crippen molar-refractivity contribution in [3.8, 4) is 0 Å². The zero-order valence-corrected chi connectivity index (χ0v) is 11.3. The second kappa shape index (κ2) is 5.82. The average molecular weight is 252 g/mol. The molecule has 0 radical (unpaired) electrons. The van der Waals surface area contributed by atoms with Crippen molar-refractivity contribution in [2.45, 2.75) is 39.8 Å². The summed E-state index contributed by atoms with van der Waals surface area (Å²) >= 11 is 0. The van der Waals surface area contributed by atoms with Crippen LogP contribution in [0.15, 0.2) is 18.2 Å². The lowest BCUT2D eigenvalue weighted by Gasteiger charge is -2.27. The summed E-state index contributed by atoms with van der Waals surface area (Å²) in [6.45, 7) is 8.25. The highest BCUT2D eigenvalue weighted by molar-refractivity contribution is 5.65. The van der Waals surface area contributed by atoms with Crippen molar-refractivity contribution >= 4 is 11.4 Å². The molecule has 1 rings (SSSR count). The van der Waals surface area contributed by atoms with Crippen LogP contribution in [0.1, 0.15) is 39.4 Å². The average Bonchev–Trinajstić information content (AvgIpc) is 2.29. The summed E-state index contributed by atoms with van der Waals surface area (Å²) in [4.78, 5) is 12.7. The number of hydrogen-bond acceptors (Lipinski definition) is 4. The number of anilines is 1. The molecule has 5 heteroatoms. The van der Waals surface area contributed by atoms with Crippen molar-refractivity contribution in [3.05, 3.63) is 33.9 Å². The maximum Gasteiger partial charge on any atom is 0.292 e. The van der Waals surface area contributed by atoms with Gasteiger partial charge >= 0.3 is 0 Å². The maximum atomic E-state index is 11.1. The van der Waals surface area contributed by atoms with Crippen LogP contribution in [0.4, 0.5) is 11.4 Å². The van der Waals surface area contributed by atoms with E-state index in [1.165, 1.54) is 6.07 Å². The lowest BCUT2D eigenvalue weighted by molar-refractivity contribution is -0.384. The lowest BCUT2D eigenvalue weighted by atomic mass is 10.1. The molecule has 0 aliphatic heterocycles. The Balaban J connectivity index is 3.31. The van der Waals surface area contributed by atoms with Crippen LogP contribution in [0.5, 0.6) is 0 Å². The monoisotopic (exact) mass is 252 g/mol. The summed E-state index contributed by atoms with van der Waals surface area (Å²) in [6, 6.07) is 5.08. The standard InChI is InChI=1S/C13H20N2O3/c1-5-14(9(2)3)12-7-6-11(10(4)16)8-13(12)15(17)18/h6-10,16H,5H2,1-4H3. The summed E-state index contributed by atoms with van der Waals surface area (Å²) in [7, 11) is 0. The van der Waals surface area contributed by atoms with Gasteiger partial charge in [-0.15, -0.1) is 0 Å². The van der Waals surface area contributed by atoms with Gasteiger partial charge in [-0.25, -0.2) is 0 Å². The minimum absolute atomic E-state index is 0.0453. The van der Waals surface area contributed by atoms with E-state index < -0.39 is 11.0 Å². The predicted octanol–water partition coefficient (Wildman–Crippen LogP) is 2.88. The van der Waals surface area contributed by atoms with Gasteiger partial charge in [-0.1, -0.05) is 6.07 Å². The van der Waals surface area contributed by atoms with Gasteiger partial charge in [0.05, 0.1) is 11.0 Å². The van der Waals surface area contributed by atoms with E-state index >= 15 is 0 Å². The second-order valence-electron chi connectivity index (χ2n) is 4.56. The van der Waals surface area contributed by atoms with Gasteiger partial charge in [-0.05, 0) is 39.3 Å². The summed E-state index contributed by atoms with van der Waals surface area (Å²) in [5.41, 5.74) is 1.20. The highest BCUT2D eigenvalue weighted by Crippen LogP contribution is 2.32. The van der Waals surface area contributed by atoms with E-state index in [1.807, 2.05) is 25.7 Å². The number of rotatable bonds is 5. The molecule has 1 atom stereocenters. The van der Waals surface area contributed by atoms with Crippen LogP contribution in [0.25, 0.3) is 0 Å². The quantitative estimate of drug-likeness (QED) is 0.646. The van der Waals surface area contributed by atoms with Gasteiger partial charge in [0.1, 0.15) is 5.69 Å². The van der Waals surface area contributed by atoms with E-state index in [0.29, 0.717) is 17.8 Å². The number of nitro benzene ring substituents is 1. The predicted molar refractivity (Wildman–Crippen MR) is 71.9 cm³/mol.